The van der Waals surface area contributed by atoms with Crippen LogP contribution in [-0.4, -0.2) is 32.2 Å². The fourth-order valence-electron chi connectivity index (χ4n) is 2.38. The highest BCUT2D eigenvalue weighted by atomic mass is 79.9. The third kappa shape index (κ3) is 5.86. The van der Waals surface area contributed by atoms with Gasteiger partial charge in [0.1, 0.15) is 0 Å². The molecule has 0 atom stereocenters. The van der Waals surface area contributed by atoms with Crippen molar-refractivity contribution >= 4 is 33.6 Å². The molecule has 2 aromatic carbocycles. The van der Waals surface area contributed by atoms with Gasteiger partial charge in [-0.25, -0.2) is 4.79 Å². The third-order valence-electron chi connectivity index (χ3n) is 3.69. The second kappa shape index (κ2) is 9.94. The first kappa shape index (κ1) is 19.9. The van der Waals surface area contributed by atoms with Crippen molar-refractivity contribution in [3.05, 3.63) is 64.1 Å². The minimum absolute atomic E-state index is 0.0647. The molecule has 26 heavy (non-hydrogen) atoms. The number of guanidine groups is 1. The Morgan fingerprint density at radius 2 is 1.96 bits per heavy atom. The zero-order valence-corrected chi connectivity index (χ0v) is 16.5. The zero-order chi connectivity index (χ0) is 18.9. The average Bonchev–Trinajstić information content (AvgIpc) is 2.62. The molecule has 138 valence electrons. The van der Waals surface area contributed by atoms with E-state index in [1.54, 1.807) is 7.05 Å². The monoisotopic (exact) mass is 418 g/mol. The summed E-state index contributed by atoms with van der Waals surface area (Å²) in [7, 11) is 1.68. The van der Waals surface area contributed by atoms with Crippen molar-refractivity contribution in [2.75, 3.05) is 25.1 Å². The summed E-state index contributed by atoms with van der Waals surface area (Å²) in [5.74, 6) is 0.0647. The lowest BCUT2D eigenvalue weighted by molar-refractivity contribution is 0.128. The van der Waals surface area contributed by atoms with E-state index in [-0.39, 0.29) is 12.0 Å². The SMILES string of the molecule is Cc1cccc(Br)c1N(C)C(=O)NC(N)=NCCOCc1ccccc1. The molecule has 0 spiro atoms. The van der Waals surface area contributed by atoms with Crippen LogP contribution in [-0.2, 0) is 11.3 Å². The van der Waals surface area contributed by atoms with Crippen molar-refractivity contribution in [1.29, 1.82) is 0 Å². The fourth-order valence-corrected chi connectivity index (χ4v) is 3.11. The highest BCUT2D eigenvalue weighted by Gasteiger charge is 2.16. The summed E-state index contributed by atoms with van der Waals surface area (Å²) >= 11 is 3.46. The third-order valence-corrected chi connectivity index (χ3v) is 4.33. The summed E-state index contributed by atoms with van der Waals surface area (Å²) in [5, 5.41) is 2.58. The van der Waals surface area contributed by atoms with Crippen LogP contribution in [0.25, 0.3) is 0 Å². The average molecular weight is 419 g/mol. The molecule has 0 aromatic heterocycles. The molecule has 0 aliphatic carbocycles. The van der Waals surface area contributed by atoms with Crippen LogP contribution >= 0.6 is 15.9 Å². The van der Waals surface area contributed by atoms with Crippen molar-refractivity contribution in [3.8, 4) is 0 Å². The summed E-state index contributed by atoms with van der Waals surface area (Å²) in [4.78, 5) is 17.9. The summed E-state index contributed by atoms with van der Waals surface area (Å²) in [6, 6.07) is 15.3. The normalized spacial score (nSPS) is 11.3. The van der Waals surface area contributed by atoms with Crippen LogP contribution in [0.15, 0.2) is 58.0 Å². The number of nitrogens with zero attached hydrogens (tertiary/aromatic N) is 2. The summed E-state index contributed by atoms with van der Waals surface area (Å²) < 4.78 is 6.36. The number of carbonyl (C=O) groups is 1. The number of benzene rings is 2. The first-order valence-electron chi connectivity index (χ1n) is 8.20. The lowest BCUT2D eigenvalue weighted by Crippen LogP contribution is -2.44. The van der Waals surface area contributed by atoms with E-state index in [1.807, 2.05) is 55.5 Å². The molecule has 0 saturated carbocycles. The van der Waals surface area contributed by atoms with E-state index in [0.29, 0.717) is 19.8 Å². The van der Waals surface area contributed by atoms with E-state index in [9.17, 15) is 4.79 Å². The maximum Gasteiger partial charge on any atom is 0.328 e. The smallest absolute Gasteiger partial charge is 0.328 e. The van der Waals surface area contributed by atoms with Gasteiger partial charge in [-0.05, 0) is 40.0 Å². The second-order valence-corrected chi connectivity index (χ2v) is 6.55. The number of ether oxygens (including phenoxy) is 1. The van der Waals surface area contributed by atoms with Crippen LogP contribution in [0.5, 0.6) is 0 Å². The van der Waals surface area contributed by atoms with Crippen molar-refractivity contribution < 1.29 is 9.53 Å². The molecule has 0 aliphatic rings. The molecule has 0 fully saturated rings. The number of halogens is 1. The molecule has 0 unspecified atom stereocenters. The molecule has 7 heteroatoms. The summed E-state index contributed by atoms with van der Waals surface area (Å²) in [5.41, 5.74) is 8.64. The van der Waals surface area contributed by atoms with Crippen LogP contribution in [0.1, 0.15) is 11.1 Å². The van der Waals surface area contributed by atoms with E-state index in [4.69, 9.17) is 10.5 Å². The number of anilines is 1. The van der Waals surface area contributed by atoms with Gasteiger partial charge in [-0.15, -0.1) is 0 Å². The van der Waals surface area contributed by atoms with Crippen LogP contribution in [0.3, 0.4) is 0 Å². The Morgan fingerprint density at radius 3 is 2.65 bits per heavy atom. The van der Waals surface area contributed by atoms with Gasteiger partial charge in [0, 0.05) is 11.5 Å². The van der Waals surface area contributed by atoms with E-state index in [2.05, 4.69) is 26.2 Å². The molecule has 6 nitrogen and oxygen atoms in total. The number of urea groups is 1. The van der Waals surface area contributed by atoms with Crippen LogP contribution in [0.2, 0.25) is 0 Å². The number of rotatable bonds is 6. The Balaban J connectivity index is 1.79. The zero-order valence-electron chi connectivity index (χ0n) is 14.9. The van der Waals surface area contributed by atoms with Gasteiger partial charge in [0.25, 0.3) is 0 Å². The second-order valence-electron chi connectivity index (χ2n) is 5.70. The van der Waals surface area contributed by atoms with E-state index in [0.717, 1.165) is 21.3 Å². The molecule has 0 aliphatic heterocycles. The van der Waals surface area contributed by atoms with Gasteiger partial charge in [-0.3, -0.25) is 15.2 Å². The predicted octanol–water partition coefficient (Wildman–Crippen LogP) is 3.43. The van der Waals surface area contributed by atoms with Gasteiger partial charge in [0.15, 0.2) is 5.96 Å². The van der Waals surface area contributed by atoms with Gasteiger partial charge < -0.3 is 10.5 Å². The van der Waals surface area contributed by atoms with Crippen molar-refractivity contribution in [3.63, 3.8) is 0 Å². The predicted molar refractivity (Wildman–Crippen MR) is 108 cm³/mol. The van der Waals surface area contributed by atoms with E-state index >= 15 is 0 Å². The Morgan fingerprint density at radius 1 is 1.23 bits per heavy atom. The molecular formula is C19H23BrN4O2. The molecule has 0 bridgehead atoms. The quantitative estimate of drug-likeness (QED) is 0.428. The van der Waals surface area contributed by atoms with Gasteiger partial charge >= 0.3 is 6.03 Å². The molecule has 2 aromatic rings. The number of hydrogen-bond acceptors (Lipinski definition) is 3. The Labute approximate surface area is 162 Å². The first-order valence-corrected chi connectivity index (χ1v) is 8.99. The topological polar surface area (TPSA) is 80.0 Å². The molecule has 0 heterocycles. The Kier molecular flexibility index (Phi) is 7.62. The first-order chi connectivity index (χ1) is 12.5. The number of hydrogen-bond donors (Lipinski definition) is 2. The summed E-state index contributed by atoms with van der Waals surface area (Å²) in [6.45, 7) is 3.25. The Hall–Kier alpha value is -2.38. The van der Waals surface area contributed by atoms with Gasteiger partial charge in [-0.2, -0.15) is 0 Å². The minimum Gasteiger partial charge on any atom is -0.375 e. The molecular weight excluding hydrogens is 396 g/mol. The highest BCUT2D eigenvalue weighted by molar-refractivity contribution is 9.10. The number of para-hydroxylation sites is 1. The lowest BCUT2D eigenvalue weighted by Gasteiger charge is -2.21. The van der Waals surface area contributed by atoms with Crippen molar-refractivity contribution in [2.45, 2.75) is 13.5 Å². The number of nitrogens with one attached hydrogen (secondary N) is 1. The Bertz CT molecular complexity index is 745. The largest absolute Gasteiger partial charge is 0.375 e. The van der Waals surface area contributed by atoms with Crippen LogP contribution in [0, 0.1) is 6.92 Å². The van der Waals surface area contributed by atoms with Crippen LogP contribution in [0.4, 0.5) is 10.5 Å². The number of aliphatic imine (C=N–C) groups is 1. The van der Waals surface area contributed by atoms with Gasteiger partial charge in [0.2, 0.25) is 0 Å². The minimum atomic E-state index is -0.355. The molecule has 3 N–H and O–H groups in total. The van der Waals surface area contributed by atoms with Crippen molar-refractivity contribution in [2.24, 2.45) is 10.7 Å². The standard InChI is InChI=1S/C19H23BrN4O2/c1-14-7-6-10-16(20)17(14)24(2)19(25)23-18(21)22-11-12-26-13-15-8-4-3-5-9-15/h3-10H,11-13H2,1-2H3,(H3,21,22,23,25). The number of nitrogens with two attached hydrogens (primary N) is 1. The molecule has 0 radical (unpaired) electrons. The maximum absolute atomic E-state index is 12.3. The maximum atomic E-state index is 12.3. The van der Waals surface area contributed by atoms with Crippen molar-refractivity contribution in [1.82, 2.24) is 5.32 Å². The highest BCUT2D eigenvalue weighted by Crippen LogP contribution is 2.28. The molecule has 0 saturated heterocycles. The molecule has 2 rings (SSSR count). The summed E-state index contributed by atoms with van der Waals surface area (Å²) in [6.07, 6.45) is 0. The van der Waals surface area contributed by atoms with Crippen LogP contribution < -0.4 is 16.0 Å². The fraction of sp³-hybridized carbons (Fsp3) is 0.263. The number of aryl methyl sites for hydroxylation is 1. The number of amides is 2. The lowest BCUT2D eigenvalue weighted by atomic mass is 10.2. The number of carbonyl (C=O) groups excluding carboxylic acids is 1. The van der Waals surface area contributed by atoms with Gasteiger partial charge in [-0.1, -0.05) is 42.5 Å². The van der Waals surface area contributed by atoms with Gasteiger partial charge in [0.05, 0.1) is 25.4 Å². The van der Waals surface area contributed by atoms with E-state index < -0.39 is 0 Å². The molecule has 2 amide bonds. The van der Waals surface area contributed by atoms with E-state index in [1.165, 1.54) is 4.90 Å².